The summed E-state index contributed by atoms with van der Waals surface area (Å²) < 4.78 is 10.6. The van der Waals surface area contributed by atoms with Gasteiger partial charge in [-0.15, -0.1) is 0 Å². The van der Waals surface area contributed by atoms with Crippen LogP contribution >= 0.6 is 0 Å². The first-order chi connectivity index (χ1) is 7.22. The maximum absolute atomic E-state index is 5.41. The Bertz CT molecular complexity index is 161. The molecular weight excluding hydrogens is 192 g/mol. The van der Waals surface area contributed by atoms with Crippen LogP contribution in [0.2, 0.25) is 0 Å². The lowest BCUT2D eigenvalue weighted by Gasteiger charge is -2.27. The monoisotopic (exact) mass is 216 g/mol. The van der Waals surface area contributed by atoms with Crippen molar-refractivity contribution in [1.82, 2.24) is 10.6 Å². The summed E-state index contributed by atoms with van der Waals surface area (Å²) in [5, 5.41) is 6.92. The van der Waals surface area contributed by atoms with Gasteiger partial charge in [-0.1, -0.05) is 0 Å². The van der Waals surface area contributed by atoms with Gasteiger partial charge in [0, 0.05) is 32.3 Å². The Morgan fingerprint density at radius 3 is 2.93 bits per heavy atom. The number of methoxy groups -OCH3 is 1. The van der Waals surface area contributed by atoms with Gasteiger partial charge >= 0.3 is 0 Å². The Kier molecular flexibility index (Phi) is 6.17. The standard InChI is InChI=1S/C11H24N2O2/c1-9(13-7-10(2)14-3)6-11-8-15-5-4-12-11/h9-13H,4-8H2,1-3H3. The second-order valence-corrected chi connectivity index (χ2v) is 4.32. The molecule has 0 aromatic rings. The molecule has 1 aliphatic rings. The maximum Gasteiger partial charge on any atom is 0.0667 e. The molecule has 0 aliphatic carbocycles. The summed E-state index contributed by atoms with van der Waals surface area (Å²) >= 11 is 0. The fourth-order valence-electron chi connectivity index (χ4n) is 1.73. The van der Waals surface area contributed by atoms with E-state index in [2.05, 4.69) is 24.5 Å². The van der Waals surface area contributed by atoms with E-state index in [-0.39, 0.29) is 6.10 Å². The number of rotatable bonds is 6. The van der Waals surface area contributed by atoms with E-state index in [9.17, 15) is 0 Å². The zero-order chi connectivity index (χ0) is 11.1. The number of hydrogen-bond acceptors (Lipinski definition) is 4. The van der Waals surface area contributed by atoms with Gasteiger partial charge in [0.05, 0.1) is 19.3 Å². The zero-order valence-electron chi connectivity index (χ0n) is 10.1. The van der Waals surface area contributed by atoms with Crippen molar-refractivity contribution in [2.24, 2.45) is 0 Å². The molecular formula is C11H24N2O2. The third-order valence-corrected chi connectivity index (χ3v) is 2.79. The van der Waals surface area contributed by atoms with Crippen LogP contribution in [0, 0.1) is 0 Å². The third-order valence-electron chi connectivity index (χ3n) is 2.79. The quantitative estimate of drug-likeness (QED) is 0.673. The number of morpholine rings is 1. The van der Waals surface area contributed by atoms with Crippen molar-refractivity contribution in [1.29, 1.82) is 0 Å². The van der Waals surface area contributed by atoms with E-state index in [0.717, 1.165) is 32.7 Å². The van der Waals surface area contributed by atoms with Gasteiger partial charge in [0.2, 0.25) is 0 Å². The van der Waals surface area contributed by atoms with E-state index in [4.69, 9.17) is 9.47 Å². The van der Waals surface area contributed by atoms with Crippen LogP contribution in [0.15, 0.2) is 0 Å². The molecule has 90 valence electrons. The first-order valence-electron chi connectivity index (χ1n) is 5.79. The Balaban J connectivity index is 2.08. The van der Waals surface area contributed by atoms with Gasteiger partial charge < -0.3 is 20.1 Å². The summed E-state index contributed by atoms with van der Waals surface area (Å²) in [7, 11) is 1.74. The normalized spacial score (nSPS) is 26.2. The van der Waals surface area contributed by atoms with Crippen molar-refractivity contribution < 1.29 is 9.47 Å². The van der Waals surface area contributed by atoms with Gasteiger partial charge in [-0.25, -0.2) is 0 Å². The summed E-state index contributed by atoms with van der Waals surface area (Å²) in [6.07, 6.45) is 1.39. The Labute approximate surface area is 92.7 Å². The topological polar surface area (TPSA) is 42.5 Å². The minimum absolute atomic E-state index is 0.281. The largest absolute Gasteiger partial charge is 0.380 e. The van der Waals surface area contributed by atoms with Gasteiger partial charge in [-0.2, -0.15) is 0 Å². The van der Waals surface area contributed by atoms with Gasteiger partial charge in [-0.05, 0) is 20.3 Å². The highest BCUT2D eigenvalue weighted by Gasteiger charge is 2.16. The molecule has 1 aliphatic heterocycles. The average molecular weight is 216 g/mol. The lowest BCUT2D eigenvalue weighted by Crippen LogP contribution is -2.45. The van der Waals surface area contributed by atoms with Crippen LogP contribution in [-0.2, 0) is 9.47 Å². The summed E-state index contributed by atoms with van der Waals surface area (Å²) in [4.78, 5) is 0. The molecule has 0 aromatic carbocycles. The Morgan fingerprint density at radius 2 is 2.33 bits per heavy atom. The molecule has 0 amide bonds. The number of hydrogen-bond donors (Lipinski definition) is 2. The van der Waals surface area contributed by atoms with Crippen molar-refractivity contribution in [3.8, 4) is 0 Å². The molecule has 1 rings (SSSR count). The minimum Gasteiger partial charge on any atom is -0.380 e. The summed E-state index contributed by atoms with van der Waals surface area (Å²) in [5.41, 5.74) is 0. The van der Waals surface area contributed by atoms with E-state index in [0.29, 0.717) is 12.1 Å². The van der Waals surface area contributed by atoms with E-state index >= 15 is 0 Å². The summed E-state index contributed by atoms with van der Waals surface area (Å²) in [6.45, 7) is 7.85. The molecule has 0 radical (unpaired) electrons. The van der Waals surface area contributed by atoms with Crippen molar-refractivity contribution >= 4 is 0 Å². The van der Waals surface area contributed by atoms with E-state index in [1.54, 1.807) is 7.11 Å². The molecule has 1 fully saturated rings. The predicted molar refractivity (Wildman–Crippen MR) is 61.2 cm³/mol. The molecule has 0 saturated carbocycles. The van der Waals surface area contributed by atoms with Crippen molar-refractivity contribution in [3.05, 3.63) is 0 Å². The molecule has 3 unspecified atom stereocenters. The van der Waals surface area contributed by atoms with Crippen molar-refractivity contribution in [2.45, 2.75) is 38.5 Å². The number of nitrogens with one attached hydrogen (secondary N) is 2. The van der Waals surface area contributed by atoms with Crippen molar-refractivity contribution in [3.63, 3.8) is 0 Å². The lowest BCUT2D eigenvalue weighted by molar-refractivity contribution is 0.0695. The second-order valence-electron chi connectivity index (χ2n) is 4.32. The van der Waals surface area contributed by atoms with E-state index in [1.807, 2.05) is 0 Å². The molecule has 1 saturated heterocycles. The summed E-state index contributed by atoms with van der Waals surface area (Å²) in [5.74, 6) is 0. The molecule has 2 N–H and O–H groups in total. The SMILES string of the molecule is COC(C)CNC(C)CC1COCCN1. The van der Waals surface area contributed by atoms with Gasteiger partial charge in [-0.3, -0.25) is 0 Å². The first-order valence-corrected chi connectivity index (χ1v) is 5.79. The lowest BCUT2D eigenvalue weighted by atomic mass is 10.1. The minimum atomic E-state index is 0.281. The first kappa shape index (κ1) is 12.9. The van der Waals surface area contributed by atoms with Crippen LogP contribution in [0.4, 0.5) is 0 Å². The van der Waals surface area contributed by atoms with Crippen molar-refractivity contribution in [2.75, 3.05) is 33.4 Å². The van der Waals surface area contributed by atoms with Crippen LogP contribution in [0.25, 0.3) is 0 Å². The second kappa shape index (κ2) is 7.17. The van der Waals surface area contributed by atoms with E-state index in [1.165, 1.54) is 0 Å². The highest BCUT2D eigenvalue weighted by Crippen LogP contribution is 2.02. The van der Waals surface area contributed by atoms with Gasteiger partial charge in [0.1, 0.15) is 0 Å². The smallest absolute Gasteiger partial charge is 0.0667 e. The summed E-state index contributed by atoms with van der Waals surface area (Å²) in [6, 6.07) is 1.00. The molecule has 0 spiro atoms. The molecule has 0 bridgehead atoms. The van der Waals surface area contributed by atoms with Gasteiger partial charge in [0.15, 0.2) is 0 Å². The average Bonchev–Trinajstić information content (AvgIpc) is 2.27. The maximum atomic E-state index is 5.41. The van der Waals surface area contributed by atoms with Gasteiger partial charge in [0.25, 0.3) is 0 Å². The van der Waals surface area contributed by atoms with Crippen LogP contribution in [0.5, 0.6) is 0 Å². The zero-order valence-corrected chi connectivity index (χ0v) is 10.1. The Morgan fingerprint density at radius 1 is 1.53 bits per heavy atom. The van der Waals surface area contributed by atoms with Crippen LogP contribution in [0.1, 0.15) is 20.3 Å². The Hall–Kier alpha value is -0.160. The fourth-order valence-corrected chi connectivity index (χ4v) is 1.73. The third kappa shape index (κ3) is 5.47. The van der Waals surface area contributed by atoms with Crippen LogP contribution in [-0.4, -0.2) is 51.6 Å². The molecule has 4 heteroatoms. The molecule has 0 aromatic heterocycles. The fraction of sp³-hybridized carbons (Fsp3) is 1.00. The highest BCUT2D eigenvalue weighted by molar-refractivity contribution is 4.76. The van der Waals surface area contributed by atoms with Crippen LogP contribution in [0.3, 0.4) is 0 Å². The molecule has 1 heterocycles. The molecule has 4 nitrogen and oxygen atoms in total. The number of ether oxygens (including phenoxy) is 2. The van der Waals surface area contributed by atoms with E-state index < -0.39 is 0 Å². The molecule has 3 atom stereocenters. The predicted octanol–water partition coefficient (Wildman–Crippen LogP) is 0.378. The molecule has 15 heavy (non-hydrogen) atoms. The van der Waals surface area contributed by atoms with Crippen LogP contribution < -0.4 is 10.6 Å². The highest BCUT2D eigenvalue weighted by atomic mass is 16.5.